The van der Waals surface area contributed by atoms with Crippen LogP contribution in [0.15, 0.2) is 0 Å². The Kier molecular flexibility index (Phi) is 9.42. The highest BCUT2D eigenvalue weighted by molar-refractivity contribution is 5.97. The molecule has 3 heteroatoms. The summed E-state index contributed by atoms with van der Waals surface area (Å²) in [5.41, 5.74) is 0. The van der Waals surface area contributed by atoms with Gasteiger partial charge in [0.1, 0.15) is 0 Å². The molecule has 2 amide bonds. The van der Waals surface area contributed by atoms with Crippen molar-refractivity contribution in [2.24, 2.45) is 11.8 Å². The molecule has 0 N–H and O–H groups in total. The van der Waals surface area contributed by atoms with E-state index in [1.54, 1.807) is 7.05 Å². The van der Waals surface area contributed by atoms with Gasteiger partial charge in [0.05, 0.1) is 0 Å². The van der Waals surface area contributed by atoms with Crippen LogP contribution in [0.3, 0.4) is 0 Å². The molecule has 128 valence electrons. The van der Waals surface area contributed by atoms with Crippen LogP contribution >= 0.6 is 0 Å². The third-order valence-electron chi connectivity index (χ3n) is 5.03. The maximum atomic E-state index is 12.7. The van der Waals surface area contributed by atoms with Gasteiger partial charge in [-0.2, -0.15) is 0 Å². The van der Waals surface area contributed by atoms with Crippen molar-refractivity contribution in [2.45, 2.75) is 90.9 Å². The van der Waals surface area contributed by atoms with Crippen LogP contribution in [-0.4, -0.2) is 23.8 Å². The van der Waals surface area contributed by atoms with Crippen molar-refractivity contribution in [1.29, 1.82) is 0 Å². The van der Waals surface area contributed by atoms with Crippen molar-refractivity contribution >= 4 is 11.8 Å². The fourth-order valence-electron chi connectivity index (χ4n) is 3.49. The zero-order valence-electron chi connectivity index (χ0n) is 14.9. The van der Waals surface area contributed by atoms with Crippen molar-refractivity contribution in [1.82, 2.24) is 4.90 Å². The minimum atomic E-state index is 0.0483. The van der Waals surface area contributed by atoms with Gasteiger partial charge in [-0.25, -0.2) is 0 Å². The third kappa shape index (κ3) is 6.10. The van der Waals surface area contributed by atoms with E-state index in [4.69, 9.17) is 0 Å². The van der Waals surface area contributed by atoms with Crippen LogP contribution in [0.1, 0.15) is 90.9 Å². The average Bonchev–Trinajstić information content (AvgIpc) is 3.06. The Bertz CT molecular complexity index is 334. The molecule has 0 heterocycles. The number of nitrogens with zero attached hydrogens (tertiary/aromatic N) is 1. The molecule has 1 aliphatic carbocycles. The molecule has 1 rings (SSSR count). The maximum Gasteiger partial charge on any atom is 0.232 e. The summed E-state index contributed by atoms with van der Waals surface area (Å²) in [7, 11) is 1.70. The molecule has 1 unspecified atom stereocenters. The maximum absolute atomic E-state index is 12.7. The highest BCUT2D eigenvalue weighted by atomic mass is 16.2. The first-order valence-electron chi connectivity index (χ1n) is 9.43. The molecule has 0 saturated heterocycles. The standard InChI is InChI=1S/C19H35NO2/c1-4-6-8-9-13-16(12-7-5-2)18(21)20(3)19(22)17-14-10-11-15-17/h16-17H,4-15H2,1-3H3. The van der Waals surface area contributed by atoms with Gasteiger partial charge in [-0.05, 0) is 25.7 Å². The molecule has 1 aliphatic rings. The van der Waals surface area contributed by atoms with Gasteiger partial charge in [0, 0.05) is 18.9 Å². The lowest BCUT2D eigenvalue weighted by Crippen LogP contribution is -2.40. The van der Waals surface area contributed by atoms with Gasteiger partial charge in [0.2, 0.25) is 11.8 Å². The van der Waals surface area contributed by atoms with Crippen LogP contribution in [0.25, 0.3) is 0 Å². The third-order valence-corrected chi connectivity index (χ3v) is 5.03. The summed E-state index contributed by atoms with van der Waals surface area (Å²) in [6.45, 7) is 4.36. The molecule has 22 heavy (non-hydrogen) atoms. The monoisotopic (exact) mass is 309 g/mol. The predicted molar refractivity (Wildman–Crippen MR) is 91.5 cm³/mol. The quantitative estimate of drug-likeness (QED) is 0.536. The van der Waals surface area contributed by atoms with Crippen LogP contribution in [0.5, 0.6) is 0 Å². The Morgan fingerprint density at radius 1 is 0.955 bits per heavy atom. The fraction of sp³-hybridized carbons (Fsp3) is 0.895. The van der Waals surface area contributed by atoms with Crippen molar-refractivity contribution in [3.05, 3.63) is 0 Å². The second kappa shape index (κ2) is 10.8. The molecule has 0 aliphatic heterocycles. The normalized spacial score (nSPS) is 16.7. The molecule has 1 saturated carbocycles. The van der Waals surface area contributed by atoms with Crippen LogP contribution in [0.2, 0.25) is 0 Å². The van der Waals surface area contributed by atoms with Gasteiger partial charge >= 0.3 is 0 Å². The van der Waals surface area contributed by atoms with Crippen LogP contribution in [0.4, 0.5) is 0 Å². The van der Waals surface area contributed by atoms with Gasteiger partial charge in [-0.3, -0.25) is 14.5 Å². The van der Waals surface area contributed by atoms with Gasteiger partial charge in [0.15, 0.2) is 0 Å². The van der Waals surface area contributed by atoms with Crippen LogP contribution in [0, 0.1) is 11.8 Å². The number of unbranched alkanes of at least 4 members (excludes halogenated alkanes) is 4. The SMILES string of the molecule is CCCCCCC(CCCC)C(=O)N(C)C(=O)C1CCCC1. The molecule has 3 nitrogen and oxygen atoms in total. The molecule has 0 spiro atoms. The number of amides is 2. The van der Waals surface area contributed by atoms with E-state index in [0.717, 1.165) is 57.8 Å². The lowest BCUT2D eigenvalue weighted by molar-refractivity contribution is -0.148. The minimum Gasteiger partial charge on any atom is -0.285 e. The average molecular weight is 309 g/mol. The Labute approximate surface area is 136 Å². The number of imide groups is 1. The fourth-order valence-corrected chi connectivity index (χ4v) is 3.49. The highest BCUT2D eigenvalue weighted by Gasteiger charge is 2.31. The molecular formula is C19H35NO2. The van der Waals surface area contributed by atoms with Gasteiger partial charge in [-0.15, -0.1) is 0 Å². The van der Waals surface area contributed by atoms with Gasteiger partial charge in [0.25, 0.3) is 0 Å². The lowest BCUT2D eigenvalue weighted by Gasteiger charge is -2.24. The van der Waals surface area contributed by atoms with E-state index in [9.17, 15) is 9.59 Å². The van der Waals surface area contributed by atoms with Crippen molar-refractivity contribution in [3.8, 4) is 0 Å². The first-order valence-corrected chi connectivity index (χ1v) is 9.43. The molecule has 0 aromatic rings. The smallest absolute Gasteiger partial charge is 0.232 e. The summed E-state index contributed by atoms with van der Waals surface area (Å²) in [5, 5.41) is 0. The molecule has 0 aromatic heterocycles. The molecule has 0 aromatic carbocycles. The first-order chi connectivity index (χ1) is 10.6. The van der Waals surface area contributed by atoms with E-state index in [-0.39, 0.29) is 23.7 Å². The van der Waals surface area contributed by atoms with Crippen molar-refractivity contribution in [3.63, 3.8) is 0 Å². The largest absolute Gasteiger partial charge is 0.285 e. The summed E-state index contributed by atoms with van der Waals surface area (Å²) in [6.07, 6.45) is 13.0. The Morgan fingerprint density at radius 3 is 2.14 bits per heavy atom. The van der Waals surface area contributed by atoms with E-state index in [0.29, 0.717) is 0 Å². The van der Waals surface area contributed by atoms with Crippen LogP contribution < -0.4 is 0 Å². The summed E-state index contributed by atoms with van der Waals surface area (Å²) >= 11 is 0. The zero-order chi connectivity index (χ0) is 16.4. The molecule has 0 radical (unpaired) electrons. The zero-order valence-corrected chi connectivity index (χ0v) is 14.9. The second-order valence-electron chi connectivity index (χ2n) is 6.91. The van der Waals surface area contributed by atoms with Crippen LogP contribution in [-0.2, 0) is 9.59 Å². The Morgan fingerprint density at radius 2 is 1.55 bits per heavy atom. The Hall–Kier alpha value is -0.860. The summed E-state index contributed by atoms with van der Waals surface area (Å²) in [6, 6.07) is 0. The predicted octanol–water partition coefficient (Wildman–Crippen LogP) is 4.94. The van der Waals surface area contributed by atoms with E-state index >= 15 is 0 Å². The van der Waals surface area contributed by atoms with E-state index in [1.807, 2.05) is 0 Å². The summed E-state index contributed by atoms with van der Waals surface area (Å²) in [4.78, 5) is 26.6. The number of carbonyl (C=O) groups is 2. The Balaban J connectivity index is 2.53. The second-order valence-corrected chi connectivity index (χ2v) is 6.91. The van der Waals surface area contributed by atoms with E-state index < -0.39 is 0 Å². The van der Waals surface area contributed by atoms with E-state index in [1.165, 1.54) is 24.2 Å². The van der Waals surface area contributed by atoms with Gasteiger partial charge in [-0.1, -0.05) is 65.2 Å². The van der Waals surface area contributed by atoms with Crippen molar-refractivity contribution < 1.29 is 9.59 Å². The topological polar surface area (TPSA) is 37.4 Å². The summed E-state index contributed by atoms with van der Waals surface area (Å²) in [5.74, 6) is 0.285. The number of hydrogen-bond donors (Lipinski definition) is 0. The first kappa shape index (κ1) is 19.2. The molecule has 1 atom stereocenters. The molecule has 1 fully saturated rings. The highest BCUT2D eigenvalue weighted by Crippen LogP contribution is 2.27. The van der Waals surface area contributed by atoms with Crippen molar-refractivity contribution in [2.75, 3.05) is 7.05 Å². The number of hydrogen-bond acceptors (Lipinski definition) is 2. The number of carbonyl (C=O) groups excluding carboxylic acids is 2. The van der Waals surface area contributed by atoms with Gasteiger partial charge < -0.3 is 0 Å². The lowest BCUT2D eigenvalue weighted by atomic mass is 9.93. The minimum absolute atomic E-state index is 0.0483. The summed E-state index contributed by atoms with van der Waals surface area (Å²) < 4.78 is 0. The van der Waals surface area contributed by atoms with E-state index in [2.05, 4.69) is 13.8 Å². The molecular weight excluding hydrogens is 274 g/mol. The molecule has 0 bridgehead atoms. The number of rotatable bonds is 10.